The van der Waals surface area contributed by atoms with Crippen LogP contribution in [0, 0.1) is 11.8 Å². The van der Waals surface area contributed by atoms with Crippen LogP contribution in [-0.4, -0.2) is 42.5 Å². The molecule has 4 nitrogen and oxygen atoms in total. The van der Waals surface area contributed by atoms with Crippen LogP contribution in [-0.2, 0) is 4.79 Å². The van der Waals surface area contributed by atoms with Crippen molar-refractivity contribution in [3.8, 4) is 0 Å². The lowest BCUT2D eigenvalue weighted by Gasteiger charge is -2.35. The van der Waals surface area contributed by atoms with Crippen LogP contribution in [0.15, 0.2) is 0 Å². The first-order valence-electron chi connectivity index (χ1n) is 7.83. The van der Waals surface area contributed by atoms with E-state index >= 15 is 0 Å². The molecule has 0 aromatic heterocycles. The van der Waals surface area contributed by atoms with E-state index < -0.39 is 0 Å². The fourth-order valence-corrected chi connectivity index (χ4v) is 3.38. The summed E-state index contributed by atoms with van der Waals surface area (Å²) in [4.78, 5) is 14.6. The van der Waals surface area contributed by atoms with E-state index in [2.05, 4.69) is 24.1 Å². The minimum absolute atomic E-state index is 0.166. The van der Waals surface area contributed by atoms with Gasteiger partial charge < -0.3 is 16.0 Å². The Hall–Kier alpha value is -0.610. The van der Waals surface area contributed by atoms with Crippen LogP contribution in [0.4, 0.5) is 0 Å². The van der Waals surface area contributed by atoms with Crippen LogP contribution < -0.4 is 11.1 Å². The molecule has 1 amide bonds. The molecule has 0 aromatic carbocycles. The van der Waals surface area contributed by atoms with Crippen molar-refractivity contribution in [3.05, 3.63) is 0 Å². The number of carbonyl (C=O) groups is 1. The molecule has 0 radical (unpaired) electrons. The largest absolute Gasteiger partial charge is 0.356 e. The van der Waals surface area contributed by atoms with E-state index in [1.807, 2.05) is 0 Å². The highest BCUT2D eigenvalue weighted by Gasteiger charge is 2.28. The fraction of sp³-hybridized carbons (Fsp3) is 0.933. The fourth-order valence-electron chi connectivity index (χ4n) is 3.38. The van der Waals surface area contributed by atoms with Crippen molar-refractivity contribution in [2.45, 2.75) is 58.0 Å². The molecule has 0 spiro atoms. The van der Waals surface area contributed by atoms with Crippen LogP contribution in [0.2, 0.25) is 0 Å². The molecule has 3 atom stereocenters. The van der Waals surface area contributed by atoms with Crippen molar-refractivity contribution in [2.75, 3.05) is 19.6 Å². The lowest BCUT2D eigenvalue weighted by Crippen LogP contribution is -2.44. The summed E-state index contributed by atoms with van der Waals surface area (Å²) < 4.78 is 0. The zero-order chi connectivity index (χ0) is 13.8. The number of carbonyl (C=O) groups excluding carboxylic acids is 1. The second-order valence-corrected chi connectivity index (χ2v) is 6.61. The van der Waals surface area contributed by atoms with Gasteiger partial charge in [-0.3, -0.25) is 4.79 Å². The number of likely N-dealkylation sites (tertiary alicyclic amines) is 1. The number of hydrogen-bond donors (Lipinski definition) is 2. The van der Waals surface area contributed by atoms with E-state index in [0.29, 0.717) is 12.0 Å². The maximum atomic E-state index is 12.1. The van der Waals surface area contributed by atoms with Crippen molar-refractivity contribution >= 4 is 5.91 Å². The molecule has 3 N–H and O–H groups in total. The van der Waals surface area contributed by atoms with Gasteiger partial charge >= 0.3 is 0 Å². The Balaban J connectivity index is 1.71. The third-order valence-corrected chi connectivity index (χ3v) is 4.69. The van der Waals surface area contributed by atoms with Crippen molar-refractivity contribution in [1.29, 1.82) is 0 Å². The van der Waals surface area contributed by atoms with Gasteiger partial charge in [-0.1, -0.05) is 0 Å². The molecule has 2 rings (SSSR count). The summed E-state index contributed by atoms with van der Waals surface area (Å²) in [6.07, 6.45) is 5.34. The Morgan fingerprint density at radius 1 is 1.37 bits per heavy atom. The SMILES string of the molecule is CC(C)N1CCCC(CNC(=O)C2CCC(N)C2)C1. The molecule has 1 saturated heterocycles. The summed E-state index contributed by atoms with van der Waals surface area (Å²) in [5.41, 5.74) is 5.87. The van der Waals surface area contributed by atoms with E-state index in [4.69, 9.17) is 5.73 Å². The molecule has 110 valence electrons. The molecular weight excluding hydrogens is 238 g/mol. The lowest BCUT2D eigenvalue weighted by atomic mass is 9.96. The Morgan fingerprint density at radius 2 is 2.16 bits per heavy atom. The summed E-state index contributed by atoms with van der Waals surface area (Å²) in [6.45, 7) is 7.68. The minimum Gasteiger partial charge on any atom is -0.356 e. The van der Waals surface area contributed by atoms with Gasteiger partial charge in [0.15, 0.2) is 0 Å². The molecule has 19 heavy (non-hydrogen) atoms. The number of nitrogens with one attached hydrogen (secondary N) is 1. The number of rotatable bonds is 4. The highest BCUT2D eigenvalue weighted by atomic mass is 16.1. The van der Waals surface area contributed by atoms with E-state index in [1.165, 1.54) is 19.4 Å². The molecule has 0 aromatic rings. The van der Waals surface area contributed by atoms with Gasteiger partial charge in [0.25, 0.3) is 0 Å². The Morgan fingerprint density at radius 3 is 2.79 bits per heavy atom. The molecule has 0 bridgehead atoms. The first-order chi connectivity index (χ1) is 9.06. The molecule has 2 fully saturated rings. The number of nitrogens with two attached hydrogens (primary N) is 1. The Labute approximate surface area is 117 Å². The van der Waals surface area contributed by atoms with Gasteiger partial charge in [-0.05, 0) is 58.4 Å². The van der Waals surface area contributed by atoms with Gasteiger partial charge in [0.1, 0.15) is 0 Å². The van der Waals surface area contributed by atoms with Gasteiger partial charge in [0.2, 0.25) is 5.91 Å². The average molecular weight is 267 g/mol. The molecule has 1 aliphatic carbocycles. The molecular formula is C15H29N3O. The van der Waals surface area contributed by atoms with Crippen LogP contribution in [0.1, 0.15) is 46.0 Å². The van der Waals surface area contributed by atoms with Gasteiger partial charge in [-0.2, -0.15) is 0 Å². The number of amides is 1. The molecule has 3 unspecified atom stereocenters. The van der Waals surface area contributed by atoms with Crippen LogP contribution in [0.5, 0.6) is 0 Å². The molecule has 1 aliphatic heterocycles. The molecule has 2 aliphatic rings. The normalized spacial score (nSPS) is 32.7. The topological polar surface area (TPSA) is 58.4 Å². The number of piperidine rings is 1. The van der Waals surface area contributed by atoms with Gasteiger partial charge in [0.05, 0.1) is 0 Å². The van der Waals surface area contributed by atoms with Crippen LogP contribution in [0.25, 0.3) is 0 Å². The van der Waals surface area contributed by atoms with Crippen molar-refractivity contribution in [2.24, 2.45) is 17.6 Å². The zero-order valence-corrected chi connectivity index (χ0v) is 12.4. The third-order valence-electron chi connectivity index (χ3n) is 4.69. The lowest BCUT2D eigenvalue weighted by molar-refractivity contribution is -0.125. The van der Waals surface area contributed by atoms with Crippen molar-refractivity contribution in [3.63, 3.8) is 0 Å². The number of hydrogen-bond acceptors (Lipinski definition) is 3. The van der Waals surface area contributed by atoms with Gasteiger partial charge in [-0.15, -0.1) is 0 Å². The summed E-state index contributed by atoms with van der Waals surface area (Å²) in [6, 6.07) is 0.855. The van der Waals surface area contributed by atoms with Gasteiger partial charge in [0, 0.05) is 31.1 Å². The van der Waals surface area contributed by atoms with E-state index in [9.17, 15) is 4.79 Å². The van der Waals surface area contributed by atoms with E-state index in [0.717, 1.165) is 32.4 Å². The zero-order valence-electron chi connectivity index (χ0n) is 12.4. The predicted molar refractivity (Wildman–Crippen MR) is 77.8 cm³/mol. The maximum absolute atomic E-state index is 12.1. The van der Waals surface area contributed by atoms with Crippen LogP contribution in [0.3, 0.4) is 0 Å². The van der Waals surface area contributed by atoms with Crippen molar-refractivity contribution < 1.29 is 4.79 Å². The average Bonchev–Trinajstić information content (AvgIpc) is 2.83. The summed E-state index contributed by atoms with van der Waals surface area (Å²) in [5, 5.41) is 3.15. The first-order valence-corrected chi connectivity index (χ1v) is 7.83. The monoisotopic (exact) mass is 267 g/mol. The van der Waals surface area contributed by atoms with Gasteiger partial charge in [-0.25, -0.2) is 0 Å². The quantitative estimate of drug-likeness (QED) is 0.808. The standard InChI is InChI=1S/C15H29N3O/c1-11(2)18-7-3-4-12(10-18)9-17-15(19)13-5-6-14(16)8-13/h11-14H,3-10,16H2,1-2H3,(H,17,19). The highest BCUT2D eigenvalue weighted by Crippen LogP contribution is 2.24. The first kappa shape index (κ1) is 14.8. The smallest absolute Gasteiger partial charge is 0.223 e. The second-order valence-electron chi connectivity index (χ2n) is 6.61. The second kappa shape index (κ2) is 6.71. The highest BCUT2D eigenvalue weighted by molar-refractivity contribution is 5.79. The summed E-state index contributed by atoms with van der Waals surface area (Å²) in [7, 11) is 0. The van der Waals surface area contributed by atoms with Crippen molar-refractivity contribution in [1.82, 2.24) is 10.2 Å². The van der Waals surface area contributed by atoms with E-state index in [1.54, 1.807) is 0 Å². The van der Waals surface area contributed by atoms with Crippen LogP contribution >= 0.6 is 0 Å². The molecule has 1 heterocycles. The number of nitrogens with zero attached hydrogens (tertiary/aromatic N) is 1. The predicted octanol–water partition coefficient (Wildman–Crippen LogP) is 1.35. The Kier molecular flexibility index (Phi) is 5.22. The minimum atomic E-state index is 0.166. The van der Waals surface area contributed by atoms with E-state index in [-0.39, 0.29) is 17.9 Å². The Bertz CT molecular complexity index is 306. The maximum Gasteiger partial charge on any atom is 0.223 e. The summed E-state index contributed by atoms with van der Waals surface area (Å²) >= 11 is 0. The molecule has 4 heteroatoms. The molecule has 1 saturated carbocycles. The summed E-state index contributed by atoms with van der Waals surface area (Å²) in [5.74, 6) is 1.02. The third kappa shape index (κ3) is 4.18.